The van der Waals surface area contributed by atoms with Crippen LogP contribution in [0.1, 0.15) is 64.1 Å². The molecule has 1 N–H and O–H groups in total. The molecule has 3 nitrogen and oxygen atoms in total. The van der Waals surface area contributed by atoms with Crippen molar-refractivity contribution in [2.75, 3.05) is 7.11 Å². The molecule has 0 spiro atoms. The van der Waals surface area contributed by atoms with Crippen LogP contribution in [0.3, 0.4) is 0 Å². The van der Waals surface area contributed by atoms with Crippen LogP contribution in [-0.4, -0.2) is 18.1 Å². The summed E-state index contributed by atoms with van der Waals surface area (Å²) in [6, 6.07) is 0.493. The molecule has 2 rings (SSSR count). The molecular weight excluding hydrogens is 268 g/mol. The lowest BCUT2D eigenvalue weighted by Crippen LogP contribution is -2.36. The number of hydrogen-bond donors (Lipinski definition) is 1. The van der Waals surface area contributed by atoms with Crippen molar-refractivity contribution in [1.82, 2.24) is 10.3 Å². The second kappa shape index (κ2) is 6.12. The highest BCUT2D eigenvalue weighted by Crippen LogP contribution is 2.47. The molecule has 0 amide bonds. The molecule has 0 unspecified atom stereocenters. The molecule has 0 radical (unpaired) electrons. The fourth-order valence-electron chi connectivity index (χ4n) is 2.74. The normalized spacial score (nSPS) is 21.3. The van der Waals surface area contributed by atoms with Crippen molar-refractivity contribution in [3.63, 3.8) is 0 Å². The second-order valence-corrected chi connectivity index (χ2v) is 7.90. The number of hydrogen-bond acceptors (Lipinski definition) is 4. The number of aromatic nitrogens is 1. The Labute approximate surface area is 127 Å². The first kappa shape index (κ1) is 15.9. The molecule has 1 fully saturated rings. The van der Waals surface area contributed by atoms with E-state index in [-0.39, 0.29) is 5.60 Å². The summed E-state index contributed by atoms with van der Waals surface area (Å²) < 4.78 is 5.92. The molecule has 4 heteroatoms. The van der Waals surface area contributed by atoms with Crippen LogP contribution in [0.15, 0.2) is 5.38 Å². The monoisotopic (exact) mass is 296 g/mol. The first-order valence-electron chi connectivity index (χ1n) is 7.60. The van der Waals surface area contributed by atoms with Crippen LogP contribution in [0.25, 0.3) is 0 Å². The highest BCUT2D eigenvalue weighted by atomic mass is 32.1. The summed E-state index contributed by atoms with van der Waals surface area (Å²) in [5.74, 6) is 0. The van der Waals surface area contributed by atoms with Gasteiger partial charge < -0.3 is 10.1 Å². The van der Waals surface area contributed by atoms with Crippen LogP contribution in [0.2, 0.25) is 0 Å². The zero-order valence-corrected chi connectivity index (χ0v) is 14.3. The number of thiazole rings is 1. The van der Waals surface area contributed by atoms with Crippen molar-refractivity contribution in [1.29, 1.82) is 0 Å². The Bertz CT molecular complexity index is 429. The summed E-state index contributed by atoms with van der Waals surface area (Å²) in [6.45, 7) is 9.87. The molecule has 0 aromatic carbocycles. The van der Waals surface area contributed by atoms with Gasteiger partial charge in [0.15, 0.2) is 0 Å². The van der Waals surface area contributed by atoms with Crippen molar-refractivity contribution in [2.45, 2.75) is 71.6 Å². The number of nitrogens with one attached hydrogen (secondary N) is 1. The molecule has 0 aliphatic heterocycles. The first-order valence-corrected chi connectivity index (χ1v) is 8.48. The maximum Gasteiger partial charge on any atom is 0.125 e. The molecule has 0 saturated heterocycles. The van der Waals surface area contributed by atoms with E-state index in [4.69, 9.17) is 9.72 Å². The van der Waals surface area contributed by atoms with E-state index in [2.05, 4.69) is 38.4 Å². The number of methoxy groups -OCH3 is 1. The molecule has 1 aromatic heterocycles. The molecule has 1 aromatic rings. The molecule has 1 aliphatic rings. The third-order valence-electron chi connectivity index (χ3n) is 4.43. The van der Waals surface area contributed by atoms with Crippen molar-refractivity contribution in [2.24, 2.45) is 5.41 Å². The van der Waals surface area contributed by atoms with Crippen molar-refractivity contribution in [3.05, 3.63) is 16.1 Å². The molecule has 1 saturated carbocycles. The lowest BCUT2D eigenvalue weighted by atomic mass is 9.71. The summed E-state index contributed by atoms with van der Waals surface area (Å²) in [6.07, 6.45) is 4.59. The van der Waals surface area contributed by atoms with Crippen LogP contribution >= 0.6 is 11.3 Å². The first-order chi connectivity index (χ1) is 9.37. The van der Waals surface area contributed by atoms with Gasteiger partial charge in [0.25, 0.3) is 0 Å². The predicted molar refractivity (Wildman–Crippen MR) is 85.0 cm³/mol. The lowest BCUT2D eigenvalue weighted by molar-refractivity contribution is -0.0668. The smallest absolute Gasteiger partial charge is 0.125 e. The van der Waals surface area contributed by atoms with Gasteiger partial charge in [-0.1, -0.05) is 27.7 Å². The summed E-state index contributed by atoms with van der Waals surface area (Å²) >= 11 is 1.76. The van der Waals surface area contributed by atoms with Gasteiger partial charge in [-0.3, -0.25) is 0 Å². The number of rotatable bonds is 5. The van der Waals surface area contributed by atoms with Gasteiger partial charge in [-0.05, 0) is 31.1 Å². The van der Waals surface area contributed by atoms with E-state index in [1.54, 1.807) is 11.3 Å². The van der Waals surface area contributed by atoms with E-state index in [0.29, 0.717) is 11.5 Å². The summed E-state index contributed by atoms with van der Waals surface area (Å²) in [5, 5.41) is 6.76. The van der Waals surface area contributed by atoms with Gasteiger partial charge in [0, 0.05) is 25.1 Å². The number of ether oxygens (including phenoxy) is 1. The van der Waals surface area contributed by atoms with Gasteiger partial charge in [0.2, 0.25) is 0 Å². The van der Waals surface area contributed by atoms with Gasteiger partial charge in [0.05, 0.1) is 5.69 Å². The fraction of sp³-hybridized carbons (Fsp3) is 0.812. The minimum Gasteiger partial charge on any atom is -0.371 e. The molecule has 1 heterocycles. The molecule has 114 valence electrons. The van der Waals surface area contributed by atoms with Crippen molar-refractivity contribution >= 4 is 11.3 Å². The van der Waals surface area contributed by atoms with Crippen molar-refractivity contribution in [3.8, 4) is 0 Å². The van der Waals surface area contributed by atoms with Crippen LogP contribution in [-0.2, 0) is 16.9 Å². The molecule has 20 heavy (non-hydrogen) atoms. The predicted octanol–water partition coefficient (Wildman–Crippen LogP) is 4.08. The minimum absolute atomic E-state index is 0.143. The topological polar surface area (TPSA) is 34.1 Å². The average Bonchev–Trinajstić information content (AvgIpc) is 2.86. The van der Waals surface area contributed by atoms with E-state index in [1.165, 1.54) is 12.8 Å². The van der Waals surface area contributed by atoms with Crippen LogP contribution in [0, 0.1) is 5.41 Å². The Morgan fingerprint density at radius 1 is 1.30 bits per heavy atom. The summed E-state index contributed by atoms with van der Waals surface area (Å²) in [5.41, 5.74) is 1.44. The molecule has 1 aliphatic carbocycles. The van der Waals surface area contributed by atoms with Crippen molar-refractivity contribution < 1.29 is 4.74 Å². The third kappa shape index (κ3) is 3.60. The summed E-state index contributed by atoms with van der Waals surface area (Å²) in [4.78, 5) is 4.83. The van der Waals surface area contributed by atoms with E-state index < -0.39 is 0 Å². The van der Waals surface area contributed by atoms with Crippen LogP contribution < -0.4 is 5.32 Å². The third-order valence-corrected chi connectivity index (χ3v) is 5.51. The van der Waals surface area contributed by atoms with Gasteiger partial charge >= 0.3 is 0 Å². The Balaban J connectivity index is 2.08. The largest absolute Gasteiger partial charge is 0.371 e. The highest BCUT2D eigenvalue weighted by molar-refractivity contribution is 7.09. The molecule has 0 atom stereocenters. The fourth-order valence-corrected chi connectivity index (χ4v) is 3.80. The summed E-state index contributed by atoms with van der Waals surface area (Å²) in [7, 11) is 1.84. The zero-order chi connectivity index (χ0) is 14.8. The van der Waals surface area contributed by atoms with Gasteiger partial charge in [-0.25, -0.2) is 4.98 Å². The Morgan fingerprint density at radius 2 is 1.95 bits per heavy atom. The Morgan fingerprint density at radius 3 is 2.50 bits per heavy atom. The van der Waals surface area contributed by atoms with Gasteiger partial charge in [-0.15, -0.1) is 11.3 Å². The highest BCUT2D eigenvalue weighted by Gasteiger charge is 2.41. The standard InChI is InChI=1S/C16H28N2OS/c1-12(2)17-10-13-11-20-14(18-13)16(19-5)8-6-15(3,4)7-9-16/h11-12,17H,6-10H2,1-5H3. The molecular formula is C16H28N2OS. The number of nitrogens with zero attached hydrogens (tertiary/aromatic N) is 1. The SMILES string of the molecule is COC1(c2nc(CNC(C)C)cs2)CCC(C)(C)CC1. The average molecular weight is 296 g/mol. The van der Waals surface area contributed by atoms with Crippen LogP contribution in [0.5, 0.6) is 0 Å². The maximum atomic E-state index is 5.92. The van der Waals surface area contributed by atoms with E-state index in [9.17, 15) is 0 Å². The van der Waals surface area contributed by atoms with E-state index >= 15 is 0 Å². The maximum absolute atomic E-state index is 5.92. The van der Waals surface area contributed by atoms with Gasteiger partial charge in [0.1, 0.15) is 10.6 Å². The zero-order valence-electron chi connectivity index (χ0n) is 13.5. The van der Waals surface area contributed by atoms with Crippen LogP contribution in [0.4, 0.5) is 0 Å². The van der Waals surface area contributed by atoms with Gasteiger partial charge in [-0.2, -0.15) is 0 Å². The second-order valence-electron chi connectivity index (χ2n) is 7.04. The van der Waals surface area contributed by atoms with E-state index in [1.807, 2.05) is 7.11 Å². The Kier molecular flexibility index (Phi) is 4.88. The quantitative estimate of drug-likeness (QED) is 0.889. The Hall–Kier alpha value is -0.450. The lowest BCUT2D eigenvalue weighted by Gasteiger charge is -2.41. The minimum atomic E-state index is -0.143. The molecule has 0 bridgehead atoms. The van der Waals surface area contributed by atoms with E-state index in [0.717, 1.165) is 30.1 Å².